The first-order valence-corrected chi connectivity index (χ1v) is 10.1. The van der Waals surface area contributed by atoms with Crippen LogP contribution in [0.4, 0.5) is 0 Å². The van der Waals surface area contributed by atoms with Crippen molar-refractivity contribution in [2.45, 2.75) is 25.9 Å². The molecule has 0 aromatic heterocycles. The first-order chi connectivity index (χ1) is 15.4. The summed E-state index contributed by atoms with van der Waals surface area (Å²) in [5.74, 6) is -0.373. The second-order valence-corrected chi connectivity index (χ2v) is 7.42. The fourth-order valence-corrected chi connectivity index (χ4v) is 3.13. The molecule has 0 spiro atoms. The Morgan fingerprint density at radius 2 is 1.69 bits per heavy atom. The Hall–Kier alpha value is -4.11. The number of nitrogens with zero attached hydrogens (tertiary/aromatic N) is 1. The molecule has 0 bridgehead atoms. The van der Waals surface area contributed by atoms with Gasteiger partial charge in [0.05, 0.1) is 24.1 Å². The Labute approximate surface area is 187 Å². The quantitative estimate of drug-likeness (QED) is 0.437. The molecular weight excluding hydrogens is 404 g/mol. The van der Waals surface area contributed by atoms with E-state index in [-0.39, 0.29) is 13.0 Å². The Bertz CT molecular complexity index is 1120. The minimum absolute atomic E-state index is 0.192. The number of nitrogens with one attached hydrogen (secondary N) is 1. The molecule has 0 heterocycles. The van der Waals surface area contributed by atoms with Gasteiger partial charge in [-0.1, -0.05) is 54.1 Å². The molecule has 0 saturated heterocycles. The number of hydrogen-bond donors (Lipinski definition) is 2. The van der Waals surface area contributed by atoms with Gasteiger partial charge < -0.3 is 20.0 Å². The molecule has 0 aliphatic heterocycles. The largest absolute Gasteiger partial charge is 0.489 e. The third kappa shape index (κ3) is 6.44. The average Bonchev–Trinajstić information content (AvgIpc) is 2.80. The summed E-state index contributed by atoms with van der Waals surface area (Å²) < 4.78 is 11.5. The number of aryl methyl sites for hydroxylation is 1. The van der Waals surface area contributed by atoms with Crippen LogP contribution in [0.25, 0.3) is 0 Å². The molecule has 32 heavy (non-hydrogen) atoms. The van der Waals surface area contributed by atoms with Gasteiger partial charge >= 0.3 is 5.97 Å². The maximum atomic E-state index is 10.8. The Balaban J connectivity index is 1.50. The van der Waals surface area contributed by atoms with Gasteiger partial charge in [0.25, 0.3) is 0 Å². The van der Waals surface area contributed by atoms with Crippen LogP contribution < -0.4 is 9.47 Å². The van der Waals surface area contributed by atoms with Gasteiger partial charge in [0.2, 0.25) is 0 Å². The molecule has 0 radical (unpaired) electrons. The number of benzene rings is 3. The Morgan fingerprint density at radius 3 is 2.31 bits per heavy atom. The second kappa shape index (κ2) is 10.8. The summed E-state index contributed by atoms with van der Waals surface area (Å²) in [5.41, 5.74) is 3.99. The van der Waals surface area contributed by atoms with E-state index in [0.29, 0.717) is 29.4 Å². The zero-order chi connectivity index (χ0) is 22.9. The summed E-state index contributed by atoms with van der Waals surface area (Å²) in [6, 6.07) is 24.2. The summed E-state index contributed by atoms with van der Waals surface area (Å²) in [7, 11) is 0. The highest BCUT2D eigenvalue weighted by atomic mass is 16.5. The van der Waals surface area contributed by atoms with Gasteiger partial charge in [-0.25, -0.2) is 0 Å². The minimum atomic E-state index is -1.00. The number of carboxylic acids is 1. The van der Waals surface area contributed by atoms with Crippen molar-refractivity contribution in [2.24, 2.45) is 0 Å². The predicted molar refractivity (Wildman–Crippen MR) is 121 cm³/mol. The fraction of sp³-hybridized carbons (Fsp3) is 0.192. The molecular formula is C26H24N2O4. The van der Waals surface area contributed by atoms with Gasteiger partial charge in [-0.3, -0.25) is 4.79 Å². The maximum Gasteiger partial charge on any atom is 0.305 e. The maximum absolute atomic E-state index is 10.8. The van der Waals surface area contributed by atoms with E-state index < -0.39 is 11.9 Å². The van der Waals surface area contributed by atoms with Crippen molar-refractivity contribution in [3.63, 3.8) is 0 Å². The van der Waals surface area contributed by atoms with Crippen LogP contribution in [0.2, 0.25) is 0 Å². The molecule has 6 heteroatoms. The molecule has 0 saturated carbocycles. The van der Waals surface area contributed by atoms with Crippen LogP contribution in [-0.4, -0.2) is 23.4 Å². The Kier molecular flexibility index (Phi) is 7.60. The number of rotatable bonds is 10. The molecule has 0 aliphatic carbocycles. The fourth-order valence-electron chi connectivity index (χ4n) is 3.13. The highest BCUT2D eigenvalue weighted by Gasteiger charge is 2.14. The van der Waals surface area contributed by atoms with E-state index in [9.17, 15) is 4.79 Å². The summed E-state index contributed by atoms with van der Waals surface area (Å²) >= 11 is 0. The Morgan fingerprint density at radius 1 is 1.03 bits per heavy atom. The standard InChI is InChI=1S/C26H24N2O4/c1-18-3-2-4-21(13-18)25(28)17-32-23-9-5-19(6-10-23)16-31-24-11-7-20(8-12-24)22(15-27)14-26(29)30/h2-13,22,28H,14,16-17H2,1H3,(H,29,30). The molecule has 0 aliphatic rings. The number of carboxylic acid groups (broad SMARTS) is 1. The van der Waals surface area contributed by atoms with Crippen LogP contribution in [0.5, 0.6) is 11.5 Å². The molecule has 1 unspecified atom stereocenters. The lowest BCUT2D eigenvalue weighted by atomic mass is 9.97. The molecule has 2 N–H and O–H groups in total. The van der Waals surface area contributed by atoms with Crippen molar-refractivity contribution in [1.29, 1.82) is 10.7 Å². The molecule has 1 atom stereocenters. The summed E-state index contributed by atoms with van der Waals surface area (Å²) in [6.07, 6.45) is -0.227. The van der Waals surface area contributed by atoms with Crippen molar-refractivity contribution in [1.82, 2.24) is 0 Å². The van der Waals surface area contributed by atoms with Crippen LogP contribution >= 0.6 is 0 Å². The van der Waals surface area contributed by atoms with Crippen molar-refractivity contribution in [3.05, 3.63) is 95.1 Å². The summed E-state index contributed by atoms with van der Waals surface area (Å²) in [5, 5.41) is 26.2. The van der Waals surface area contributed by atoms with Crippen LogP contribution in [-0.2, 0) is 11.4 Å². The van der Waals surface area contributed by atoms with Crippen molar-refractivity contribution < 1.29 is 19.4 Å². The number of nitriles is 1. The van der Waals surface area contributed by atoms with Gasteiger partial charge in [-0.2, -0.15) is 5.26 Å². The normalized spacial score (nSPS) is 11.2. The number of carbonyl (C=O) groups is 1. The SMILES string of the molecule is Cc1cccc(C(=N)COc2ccc(COc3ccc(C(C#N)CC(=O)O)cc3)cc2)c1. The summed E-state index contributed by atoms with van der Waals surface area (Å²) in [6.45, 7) is 2.54. The van der Waals surface area contributed by atoms with Gasteiger partial charge in [-0.05, 0) is 47.9 Å². The highest BCUT2D eigenvalue weighted by Crippen LogP contribution is 2.23. The molecule has 162 valence electrons. The number of hydrogen-bond acceptors (Lipinski definition) is 5. The van der Waals surface area contributed by atoms with E-state index in [2.05, 4.69) is 0 Å². The smallest absolute Gasteiger partial charge is 0.305 e. The van der Waals surface area contributed by atoms with E-state index in [0.717, 1.165) is 16.7 Å². The second-order valence-electron chi connectivity index (χ2n) is 7.42. The number of aliphatic carboxylic acids is 1. The van der Waals surface area contributed by atoms with Gasteiger partial charge in [-0.15, -0.1) is 0 Å². The third-order valence-electron chi connectivity index (χ3n) is 4.90. The van der Waals surface area contributed by atoms with Gasteiger partial charge in [0.15, 0.2) is 0 Å². The molecule has 0 fully saturated rings. The first kappa shape index (κ1) is 22.6. The predicted octanol–water partition coefficient (Wildman–Crippen LogP) is 5.10. The molecule has 6 nitrogen and oxygen atoms in total. The lowest BCUT2D eigenvalue weighted by molar-refractivity contribution is -0.137. The lowest BCUT2D eigenvalue weighted by Crippen LogP contribution is -2.11. The lowest BCUT2D eigenvalue weighted by Gasteiger charge is -2.11. The highest BCUT2D eigenvalue weighted by molar-refractivity contribution is 5.99. The van der Waals surface area contributed by atoms with Crippen LogP contribution in [0.3, 0.4) is 0 Å². The molecule has 3 aromatic carbocycles. The van der Waals surface area contributed by atoms with E-state index in [1.54, 1.807) is 24.3 Å². The molecule has 0 amide bonds. The van der Waals surface area contributed by atoms with E-state index in [1.165, 1.54) is 0 Å². The van der Waals surface area contributed by atoms with Crippen LogP contribution in [0, 0.1) is 23.7 Å². The molecule has 3 rings (SSSR count). The van der Waals surface area contributed by atoms with E-state index >= 15 is 0 Å². The van der Waals surface area contributed by atoms with Crippen molar-refractivity contribution in [3.8, 4) is 17.6 Å². The minimum Gasteiger partial charge on any atom is -0.489 e. The van der Waals surface area contributed by atoms with Crippen LogP contribution in [0.1, 0.15) is 34.6 Å². The van der Waals surface area contributed by atoms with Crippen molar-refractivity contribution >= 4 is 11.7 Å². The molecule has 3 aromatic rings. The van der Waals surface area contributed by atoms with Crippen molar-refractivity contribution in [2.75, 3.05) is 6.61 Å². The zero-order valence-electron chi connectivity index (χ0n) is 17.7. The van der Waals surface area contributed by atoms with E-state index in [1.807, 2.05) is 61.5 Å². The van der Waals surface area contributed by atoms with Crippen LogP contribution in [0.15, 0.2) is 72.8 Å². The van der Waals surface area contributed by atoms with Gasteiger partial charge in [0.1, 0.15) is 24.7 Å². The summed E-state index contributed by atoms with van der Waals surface area (Å²) in [4.78, 5) is 10.8. The average molecular weight is 428 g/mol. The van der Waals surface area contributed by atoms with E-state index in [4.69, 9.17) is 25.3 Å². The topological polar surface area (TPSA) is 103 Å². The van der Waals surface area contributed by atoms with Gasteiger partial charge in [0, 0.05) is 0 Å². The zero-order valence-corrected chi connectivity index (χ0v) is 17.7. The third-order valence-corrected chi connectivity index (χ3v) is 4.90. The number of ether oxygens (including phenoxy) is 2. The monoisotopic (exact) mass is 428 g/mol. The first-order valence-electron chi connectivity index (χ1n) is 10.1.